The second kappa shape index (κ2) is 6.67. The molecule has 3 N–H and O–H groups in total. The Morgan fingerprint density at radius 1 is 1.00 bits per heavy atom. The van der Waals surface area contributed by atoms with Gasteiger partial charge in [-0.3, -0.25) is 0 Å². The molecule has 1 rings (SSSR count). The highest BCUT2D eigenvalue weighted by Gasteiger charge is 2.51. The van der Waals surface area contributed by atoms with Crippen LogP contribution in [0.25, 0.3) is 0 Å². The summed E-state index contributed by atoms with van der Waals surface area (Å²) in [6.45, 7) is 4.56. The summed E-state index contributed by atoms with van der Waals surface area (Å²) in [5.41, 5.74) is 0. The molecule has 1 fully saturated rings. The van der Waals surface area contributed by atoms with E-state index in [1.54, 1.807) is 0 Å². The van der Waals surface area contributed by atoms with Crippen LogP contribution in [-0.2, 0) is 9.53 Å². The largest absolute Gasteiger partial charge is 0.527 e. The zero-order valence-corrected chi connectivity index (χ0v) is 8.48. The standard InChI is InChI=1S/C4H10N2.C3HF5O3/c1-2-6-4-3-5-1;4-2(5,1(9)10)11-3(6,7)8/h5-6H,1-4H2;(H,9,10). The van der Waals surface area contributed by atoms with Crippen LogP contribution < -0.4 is 10.6 Å². The van der Waals surface area contributed by atoms with Crippen molar-refractivity contribution < 1.29 is 36.6 Å². The Balaban J connectivity index is 0.000000354. The smallest absolute Gasteiger partial charge is 0.475 e. The molecular weight excluding hydrogens is 255 g/mol. The first-order chi connectivity index (χ1) is 7.65. The van der Waals surface area contributed by atoms with Crippen molar-refractivity contribution >= 4 is 5.97 Å². The first-order valence-corrected chi connectivity index (χ1v) is 4.45. The van der Waals surface area contributed by atoms with Crippen LogP contribution in [0.3, 0.4) is 0 Å². The van der Waals surface area contributed by atoms with Gasteiger partial charge < -0.3 is 15.7 Å². The van der Waals surface area contributed by atoms with Gasteiger partial charge in [-0.1, -0.05) is 0 Å². The monoisotopic (exact) mass is 266 g/mol. The highest BCUT2D eigenvalue weighted by atomic mass is 19.4. The highest BCUT2D eigenvalue weighted by Crippen LogP contribution is 2.27. The molecule has 1 heterocycles. The number of ether oxygens (including phenoxy) is 1. The summed E-state index contributed by atoms with van der Waals surface area (Å²) in [5, 5.41) is 13.9. The molecule has 1 aliphatic rings. The van der Waals surface area contributed by atoms with Crippen LogP contribution in [0.15, 0.2) is 0 Å². The molecule has 0 saturated carbocycles. The summed E-state index contributed by atoms with van der Waals surface area (Å²) < 4.78 is 57.8. The van der Waals surface area contributed by atoms with Gasteiger partial charge in [0, 0.05) is 26.2 Å². The van der Waals surface area contributed by atoms with Crippen LogP contribution in [0.5, 0.6) is 0 Å². The second-order valence-electron chi connectivity index (χ2n) is 2.87. The summed E-state index contributed by atoms with van der Waals surface area (Å²) in [6.07, 6.45) is -10.9. The van der Waals surface area contributed by atoms with Crippen molar-refractivity contribution in [1.82, 2.24) is 10.6 Å². The molecule has 0 spiro atoms. The molecule has 0 aromatic carbocycles. The summed E-state index contributed by atoms with van der Waals surface area (Å²) in [7, 11) is 0. The van der Waals surface area contributed by atoms with Gasteiger partial charge in [0.15, 0.2) is 0 Å². The van der Waals surface area contributed by atoms with Crippen LogP contribution >= 0.6 is 0 Å². The number of aliphatic carboxylic acids is 1. The van der Waals surface area contributed by atoms with Gasteiger partial charge in [-0.15, -0.1) is 13.2 Å². The Labute approximate surface area is 92.9 Å². The number of carboxylic acid groups (broad SMARTS) is 1. The molecule has 17 heavy (non-hydrogen) atoms. The van der Waals surface area contributed by atoms with Gasteiger partial charge in [0.25, 0.3) is 0 Å². The summed E-state index contributed by atoms with van der Waals surface area (Å²) >= 11 is 0. The van der Waals surface area contributed by atoms with E-state index in [1.165, 1.54) is 0 Å². The number of rotatable bonds is 2. The number of piperazine rings is 1. The lowest BCUT2D eigenvalue weighted by atomic mass is 10.4. The molecule has 0 radical (unpaired) electrons. The minimum Gasteiger partial charge on any atom is -0.475 e. The molecule has 5 nitrogen and oxygen atoms in total. The summed E-state index contributed by atoms with van der Waals surface area (Å²) in [6, 6.07) is 0. The lowest BCUT2D eigenvalue weighted by molar-refractivity contribution is -0.413. The van der Waals surface area contributed by atoms with Crippen LogP contribution in [0, 0.1) is 0 Å². The number of carbonyl (C=O) groups is 1. The van der Waals surface area contributed by atoms with E-state index in [-0.39, 0.29) is 0 Å². The van der Waals surface area contributed by atoms with Crippen molar-refractivity contribution in [3.8, 4) is 0 Å². The maximum absolute atomic E-state index is 11.5. The lowest BCUT2D eigenvalue weighted by Gasteiger charge is -2.12. The number of hydrogen-bond donors (Lipinski definition) is 3. The number of nitrogens with one attached hydrogen (secondary N) is 2. The first kappa shape index (κ1) is 16.0. The minimum absolute atomic E-state index is 1.14. The van der Waals surface area contributed by atoms with E-state index < -0.39 is 18.4 Å². The molecule has 0 aromatic heterocycles. The van der Waals surface area contributed by atoms with Crippen LogP contribution in [0.4, 0.5) is 22.0 Å². The quantitative estimate of drug-likeness (QED) is 0.630. The molecule has 1 aliphatic heterocycles. The van der Waals surface area contributed by atoms with Crippen molar-refractivity contribution in [2.45, 2.75) is 12.5 Å². The van der Waals surface area contributed by atoms with Gasteiger partial charge in [-0.05, 0) is 0 Å². The number of hydrogen-bond acceptors (Lipinski definition) is 4. The molecular formula is C7H11F5N2O3. The maximum Gasteiger partial charge on any atom is 0.527 e. The first-order valence-electron chi connectivity index (χ1n) is 4.45. The molecule has 10 heteroatoms. The molecule has 0 bridgehead atoms. The Morgan fingerprint density at radius 2 is 1.35 bits per heavy atom. The SMILES string of the molecule is C1CNCCN1.O=C(O)C(F)(F)OC(F)(F)F. The predicted molar refractivity (Wildman–Crippen MR) is 45.5 cm³/mol. The Morgan fingerprint density at radius 3 is 1.47 bits per heavy atom. The predicted octanol–water partition coefficient (Wildman–Crippen LogP) is 0.379. The zero-order valence-electron chi connectivity index (χ0n) is 8.48. The van der Waals surface area contributed by atoms with Crippen molar-refractivity contribution in [3.05, 3.63) is 0 Å². The summed E-state index contributed by atoms with van der Waals surface area (Å²) in [5.74, 6) is -2.99. The average molecular weight is 266 g/mol. The van der Waals surface area contributed by atoms with E-state index in [2.05, 4.69) is 10.6 Å². The Kier molecular flexibility index (Phi) is 6.27. The molecule has 102 valence electrons. The van der Waals surface area contributed by atoms with Crippen molar-refractivity contribution in [3.63, 3.8) is 0 Å². The van der Waals surface area contributed by atoms with Crippen molar-refractivity contribution in [2.24, 2.45) is 0 Å². The fourth-order valence-corrected chi connectivity index (χ4v) is 0.793. The Bertz CT molecular complexity index is 231. The molecule has 0 aromatic rings. The summed E-state index contributed by atoms with van der Waals surface area (Å²) in [4.78, 5) is 9.32. The molecule has 0 amide bonds. The topological polar surface area (TPSA) is 70.6 Å². The molecule has 0 aliphatic carbocycles. The fraction of sp³-hybridized carbons (Fsp3) is 0.857. The maximum atomic E-state index is 11.5. The van der Waals surface area contributed by atoms with E-state index in [4.69, 9.17) is 5.11 Å². The zero-order chi connectivity index (χ0) is 13.5. The van der Waals surface area contributed by atoms with Gasteiger partial charge in [0.2, 0.25) is 0 Å². The van der Waals surface area contributed by atoms with E-state index in [0.717, 1.165) is 26.2 Å². The number of halogens is 5. The Hall–Kier alpha value is -1.00. The number of carboxylic acids is 1. The van der Waals surface area contributed by atoms with Gasteiger partial charge in [0.1, 0.15) is 0 Å². The van der Waals surface area contributed by atoms with E-state index in [9.17, 15) is 26.7 Å². The van der Waals surface area contributed by atoms with Gasteiger partial charge >= 0.3 is 18.4 Å². The van der Waals surface area contributed by atoms with Gasteiger partial charge in [-0.25, -0.2) is 9.53 Å². The third-order valence-electron chi connectivity index (χ3n) is 1.45. The van der Waals surface area contributed by atoms with Crippen molar-refractivity contribution in [2.75, 3.05) is 26.2 Å². The third-order valence-corrected chi connectivity index (χ3v) is 1.45. The van der Waals surface area contributed by atoms with Crippen LogP contribution in [-0.4, -0.2) is 49.7 Å². The fourth-order valence-electron chi connectivity index (χ4n) is 0.793. The average Bonchev–Trinajstić information content (AvgIpc) is 2.17. The number of alkyl halides is 5. The van der Waals surface area contributed by atoms with E-state index in [1.807, 2.05) is 4.74 Å². The third kappa shape index (κ3) is 8.77. The van der Waals surface area contributed by atoms with Crippen molar-refractivity contribution in [1.29, 1.82) is 0 Å². The van der Waals surface area contributed by atoms with Gasteiger partial charge in [-0.2, -0.15) is 8.78 Å². The van der Waals surface area contributed by atoms with E-state index >= 15 is 0 Å². The van der Waals surface area contributed by atoms with E-state index in [0.29, 0.717) is 0 Å². The van der Waals surface area contributed by atoms with Gasteiger partial charge in [0.05, 0.1) is 0 Å². The second-order valence-corrected chi connectivity index (χ2v) is 2.87. The molecule has 0 atom stereocenters. The molecule has 0 unspecified atom stereocenters. The van der Waals surface area contributed by atoms with Crippen LogP contribution in [0.1, 0.15) is 0 Å². The minimum atomic E-state index is -5.66. The molecule has 1 saturated heterocycles. The highest BCUT2D eigenvalue weighted by molar-refractivity contribution is 5.73. The lowest BCUT2D eigenvalue weighted by Crippen LogP contribution is -2.39. The normalized spacial score (nSPS) is 17.0. The van der Waals surface area contributed by atoms with Crippen LogP contribution in [0.2, 0.25) is 0 Å².